The third-order valence-corrected chi connectivity index (χ3v) is 2.78. The van der Waals surface area contributed by atoms with Crippen LogP contribution < -0.4 is 0 Å². The number of ether oxygens (including phenoxy) is 2. The minimum atomic E-state index is -0.440. The molecule has 0 N–H and O–H groups in total. The molecule has 0 radical (unpaired) electrons. The predicted molar refractivity (Wildman–Crippen MR) is 66.8 cm³/mol. The van der Waals surface area contributed by atoms with Crippen molar-refractivity contribution >= 4 is 6.09 Å². The number of likely N-dealkylation sites (tertiary alicyclic amines) is 1. The summed E-state index contributed by atoms with van der Waals surface area (Å²) in [5.41, 5.74) is 0. The van der Waals surface area contributed by atoms with Crippen molar-refractivity contribution in [3.8, 4) is 0 Å². The van der Waals surface area contributed by atoms with Gasteiger partial charge in [-0.3, -0.25) is 0 Å². The number of piperidine rings is 1. The molecule has 0 aromatic rings. The summed E-state index contributed by atoms with van der Waals surface area (Å²) in [5, 5.41) is 0. The summed E-state index contributed by atoms with van der Waals surface area (Å²) >= 11 is 0. The Labute approximate surface area is 104 Å². The highest BCUT2D eigenvalue weighted by molar-refractivity contribution is 5.67. The van der Waals surface area contributed by atoms with Crippen molar-refractivity contribution in [1.29, 1.82) is 0 Å². The van der Waals surface area contributed by atoms with Gasteiger partial charge in [0.1, 0.15) is 0 Å². The van der Waals surface area contributed by atoms with Crippen LogP contribution in [0.3, 0.4) is 0 Å². The molecule has 4 nitrogen and oxygen atoms in total. The normalized spacial score (nSPS) is 18.6. The molecule has 0 spiro atoms. The van der Waals surface area contributed by atoms with Gasteiger partial charge in [0.2, 0.25) is 6.29 Å². The average Bonchev–Trinajstić information content (AvgIpc) is 2.28. The first-order valence-corrected chi connectivity index (χ1v) is 6.61. The van der Waals surface area contributed by atoms with Crippen LogP contribution in [0.2, 0.25) is 0 Å². The van der Waals surface area contributed by atoms with Gasteiger partial charge in [-0.15, -0.1) is 0 Å². The van der Waals surface area contributed by atoms with Gasteiger partial charge in [0.25, 0.3) is 0 Å². The maximum Gasteiger partial charge on any atom is 0.412 e. The monoisotopic (exact) mass is 243 g/mol. The minimum absolute atomic E-state index is 0.0663. The molecule has 0 aliphatic carbocycles. The van der Waals surface area contributed by atoms with Crippen molar-refractivity contribution in [3.63, 3.8) is 0 Å². The maximum absolute atomic E-state index is 11.9. The molecule has 1 fully saturated rings. The Morgan fingerprint density at radius 2 is 1.65 bits per heavy atom. The zero-order valence-electron chi connectivity index (χ0n) is 11.4. The van der Waals surface area contributed by atoms with E-state index in [0.717, 1.165) is 25.9 Å². The predicted octanol–water partition coefficient (Wildman–Crippen LogP) is 3.02. The average molecular weight is 243 g/mol. The maximum atomic E-state index is 11.9. The lowest BCUT2D eigenvalue weighted by molar-refractivity contribution is -0.157. The molecule has 0 saturated carbocycles. The van der Waals surface area contributed by atoms with Crippen LogP contribution in [0.15, 0.2) is 0 Å². The van der Waals surface area contributed by atoms with E-state index >= 15 is 0 Å². The SMILES string of the molecule is CC(C)OC(OC(=O)N1CCCCC1)C(C)C. The van der Waals surface area contributed by atoms with Gasteiger partial charge in [0.15, 0.2) is 0 Å². The summed E-state index contributed by atoms with van der Waals surface area (Å²) in [4.78, 5) is 13.7. The third kappa shape index (κ3) is 4.94. The fraction of sp³-hybridized carbons (Fsp3) is 0.923. The molecular formula is C13H25NO3. The van der Waals surface area contributed by atoms with Crippen molar-refractivity contribution in [2.24, 2.45) is 5.92 Å². The van der Waals surface area contributed by atoms with Gasteiger partial charge in [-0.1, -0.05) is 13.8 Å². The molecule has 1 aliphatic rings. The number of hydrogen-bond acceptors (Lipinski definition) is 3. The molecule has 1 unspecified atom stereocenters. The van der Waals surface area contributed by atoms with E-state index in [1.54, 1.807) is 4.90 Å². The summed E-state index contributed by atoms with van der Waals surface area (Å²) in [5.74, 6) is 0.172. The van der Waals surface area contributed by atoms with Crippen molar-refractivity contribution in [3.05, 3.63) is 0 Å². The molecule has 1 saturated heterocycles. The van der Waals surface area contributed by atoms with E-state index in [0.29, 0.717) is 0 Å². The number of carbonyl (C=O) groups is 1. The molecule has 4 heteroatoms. The first-order chi connectivity index (χ1) is 8.00. The Kier molecular flexibility index (Phi) is 5.75. The quantitative estimate of drug-likeness (QED) is 0.712. The van der Waals surface area contributed by atoms with Crippen molar-refractivity contribution in [1.82, 2.24) is 4.90 Å². The van der Waals surface area contributed by atoms with Crippen LogP contribution in [-0.4, -0.2) is 36.5 Å². The zero-order chi connectivity index (χ0) is 12.8. The highest BCUT2D eigenvalue weighted by Gasteiger charge is 2.24. The van der Waals surface area contributed by atoms with Gasteiger partial charge in [-0.25, -0.2) is 4.79 Å². The highest BCUT2D eigenvalue weighted by Crippen LogP contribution is 2.15. The molecule has 0 aromatic carbocycles. The van der Waals surface area contributed by atoms with Crippen LogP contribution in [0.5, 0.6) is 0 Å². The molecule has 100 valence electrons. The Hall–Kier alpha value is -0.770. The standard InChI is InChI=1S/C13H25NO3/c1-10(2)12(16-11(3)4)17-13(15)14-8-6-5-7-9-14/h10-12H,5-9H2,1-4H3. The van der Waals surface area contributed by atoms with E-state index in [1.807, 2.05) is 27.7 Å². The van der Waals surface area contributed by atoms with E-state index in [1.165, 1.54) is 6.42 Å². The van der Waals surface area contributed by atoms with Gasteiger partial charge >= 0.3 is 6.09 Å². The third-order valence-electron chi connectivity index (χ3n) is 2.78. The zero-order valence-corrected chi connectivity index (χ0v) is 11.4. The number of amides is 1. The first-order valence-electron chi connectivity index (χ1n) is 6.61. The number of carbonyl (C=O) groups excluding carboxylic acids is 1. The summed E-state index contributed by atoms with van der Waals surface area (Å²) in [7, 11) is 0. The summed E-state index contributed by atoms with van der Waals surface area (Å²) in [6, 6.07) is 0. The summed E-state index contributed by atoms with van der Waals surface area (Å²) in [6.07, 6.45) is 2.75. The summed E-state index contributed by atoms with van der Waals surface area (Å²) in [6.45, 7) is 9.51. The second kappa shape index (κ2) is 6.84. The van der Waals surface area contributed by atoms with E-state index in [2.05, 4.69) is 0 Å². The largest absolute Gasteiger partial charge is 0.419 e. The topological polar surface area (TPSA) is 38.8 Å². The van der Waals surface area contributed by atoms with Crippen LogP contribution in [0, 0.1) is 5.92 Å². The van der Waals surface area contributed by atoms with Crippen LogP contribution in [-0.2, 0) is 9.47 Å². The molecule has 1 aliphatic heterocycles. The van der Waals surface area contributed by atoms with Crippen molar-refractivity contribution < 1.29 is 14.3 Å². The minimum Gasteiger partial charge on any atom is -0.419 e. The van der Waals surface area contributed by atoms with Gasteiger partial charge < -0.3 is 14.4 Å². The molecule has 1 heterocycles. The molecule has 0 bridgehead atoms. The van der Waals surface area contributed by atoms with Crippen LogP contribution >= 0.6 is 0 Å². The van der Waals surface area contributed by atoms with E-state index in [-0.39, 0.29) is 18.1 Å². The number of rotatable bonds is 4. The second-order valence-corrected chi connectivity index (χ2v) is 5.23. The van der Waals surface area contributed by atoms with Crippen molar-refractivity contribution in [2.75, 3.05) is 13.1 Å². The first kappa shape index (κ1) is 14.3. The van der Waals surface area contributed by atoms with Crippen molar-refractivity contribution in [2.45, 2.75) is 59.4 Å². The van der Waals surface area contributed by atoms with E-state index in [9.17, 15) is 4.79 Å². The lowest BCUT2D eigenvalue weighted by Gasteiger charge is -2.30. The van der Waals surface area contributed by atoms with Gasteiger partial charge in [-0.2, -0.15) is 0 Å². The fourth-order valence-corrected chi connectivity index (χ4v) is 1.84. The molecule has 1 rings (SSSR count). The molecular weight excluding hydrogens is 218 g/mol. The lowest BCUT2D eigenvalue weighted by atomic mass is 10.1. The smallest absolute Gasteiger partial charge is 0.412 e. The van der Waals surface area contributed by atoms with Crippen LogP contribution in [0.4, 0.5) is 4.79 Å². The highest BCUT2D eigenvalue weighted by atomic mass is 16.7. The van der Waals surface area contributed by atoms with Gasteiger partial charge in [-0.05, 0) is 33.1 Å². The number of nitrogens with zero attached hydrogens (tertiary/aromatic N) is 1. The molecule has 17 heavy (non-hydrogen) atoms. The van der Waals surface area contributed by atoms with Crippen LogP contribution in [0.1, 0.15) is 47.0 Å². The summed E-state index contributed by atoms with van der Waals surface area (Å²) < 4.78 is 11.0. The Bertz CT molecular complexity index is 235. The fourth-order valence-electron chi connectivity index (χ4n) is 1.84. The molecule has 1 atom stereocenters. The second-order valence-electron chi connectivity index (χ2n) is 5.23. The lowest BCUT2D eigenvalue weighted by Crippen LogP contribution is -2.40. The Balaban J connectivity index is 2.44. The van der Waals surface area contributed by atoms with E-state index in [4.69, 9.17) is 9.47 Å². The van der Waals surface area contributed by atoms with Crippen LogP contribution in [0.25, 0.3) is 0 Å². The Morgan fingerprint density at radius 3 is 2.12 bits per heavy atom. The molecule has 0 aromatic heterocycles. The Morgan fingerprint density at radius 1 is 1.06 bits per heavy atom. The number of hydrogen-bond donors (Lipinski definition) is 0. The van der Waals surface area contributed by atoms with Gasteiger partial charge in [0.05, 0.1) is 6.10 Å². The molecule has 1 amide bonds. The van der Waals surface area contributed by atoms with Gasteiger partial charge in [0, 0.05) is 19.0 Å². The van der Waals surface area contributed by atoms with E-state index < -0.39 is 6.29 Å².